The molecule has 0 N–H and O–H groups in total. The van der Waals surface area contributed by atoms with E-state index in [0.717, 1.165) is 4.39 Å². The Kier molecular flexibility index (Phi) is 2.58. The number of aryl methyl sites for hydroxylation is 1. The number of hydrogen-bond donors (Lipinski definition) is 0. The topological polar surface area (TPSA) is 0 Å². The summed E-state index contributed by atoms with van der Waals surface area (Å²) >= 11 is 0. The second kappa shape index (κ2) is 3.32. The molecule has 1 radical (unpaired) electrons. The second-order valence-corrected chi connectivity index (χ2v) is 4.16. The first kappa shape index (κ1) is 9.33. The SMILES string of the molecule is Cc1ccc([B][N+](C)(C)C)cc1. The molecule has 0 atom stereocenters. The summed E-state index contributed by atoms with van der Waals surface area (Å²) in [7, 11) is 8.68. The highest BCUT2D eigenvalue weighted by molar-refractivity contribution is 6.46. The van der Waals surface area contributed by atoms with Crippen LogP contribution in [0.15, 0.2) is 24.3 Å². The number of quaternary nitrogens is 1. The molecule has 1 aromatic rings. The summed E-state index contributed by atoms with van der Waals surface area (Å²) in [6, 6.07) is 8.58. The highest BCUT2D eigenvalue weighted by atomic mass is 15.2. The molecule has 1 aromatic carbocycles. The molecule has 2 heteroatoms. The van der Waals surface area contributed by atoms with Gasteiger partial charge in [0.2, 0.25) is 0 Å². The fraction of sp³-hybridized carbons (Fsp3) is 0.400. The molecule has 12 heavy (non-hydrogen) atoms. The van der Waals surface area contributed by atoms with Crippen LogP contribution in [0.1, 0.15) is 5.56 Å². The first-order chi connectivity index (χ1) is 5.47. The van der Waals surface area contributed by atoms with Crippen LogP contribution in [0.5, 0.6) is 0 Å². The van der Waals surface area contributed by atoms with Crippen LogP contribution in [0.4, 0.5) is 0 Å². The van der Waals surface area contributed by atoms with Gasteiger partial charge in [0, 0.05) is 21.1 Å². The van der Waals surface area contributed by atoms with E-state index in [1.807, 2.05) is 0 Å². The van der Waals surface area contributed by atoms with Crippen LogP contribution < -0.4 is 5.46 Å². The quantitative estimate of drug-likeness (QED) is 0.566. The van der Waals surface area contributed by atoms with Gasteiger partial charge in [-0.15, -0.1) is 0 Å². The number of nitrogens with zero attached hydrogens (tertiary/aromatic N) is 1. The van der Waals surface area contributed by atoms with Gasteiger partial charge >= 0.3 is 7.41 Å². The predicted octanol–water partition coefficient (Wildman–Crippen LogP) is 0.946. The molecule has 0 aliphatic rings. The average Bonchev–Trinajstić information content (AvgIpc) is 1.91. The van der Waals surface area contributed by atoms with Gasteiger partial charge < -0.3 is 4.39 Å². The van der Waals surface area contributed by atoms with Gasteiger partial charge in [0.25, 0.3) is 0 Å². The minimum Gasteiger partial charge on any atom is -0.398 e. The number of benzene rings is 1. The number of rotatable bonds is 2. The molecule has 0 aromatic heterocycles. The van der Waals surface area contributed by atoms with Crippen molar-refractivity contribution in [2.75, 3.05) is 21.1 Å². The molecular weight excluding hydrogens is 145 g/mol. The zero-order chi connectivity index (χ0) is 9.19. The maximum absolute atomic E-state index is 2.22. The molecule has 0 aliphatic carbocycles. The van der Waals surface area contributed by atoms with Crippen LogP contribution in [0.3, 0.4) is 0 Å². The van der Waals surface area contributed by atoms with E-state index in [-0.39, 0.29) is 0 Å². The van der Waals surface area contributed by atoms with Crippen molar-refractivity contribution in [3.05, 3.63) is 29.8 Å². The zero-order valence-electron chi connectivity index (χ0n) is 8.33. The summed E-state index contributed by atoms with van der Waals surface area (Å²) in [6.45, 7) is 2.11. The third-order valence-corrected chi connectivity index (χ3v) is 1.61. The maximum atomic E-state index is 2.22. The standard InChI is InChI=1S/C10H16BN/c1-9-5-7-10(8-6-9)11-12(2,3)4/h5-8H,1-4H3/q+1. The molecule has 0 aliphatic heterocycles. The molecule has 63 valence electrons. The molecule has 0 amide bonds. The van der Waals surface area contributed by atoms with Gasteiger partial charge in [0.1, 0.15) is 0 Å². The fourth-order valence-electron chi connectivity index (χ4n) is 1.10. The fourth-order valence-corrected chi connectivity index (χ4v) is 1.10. The lowest BCUT2D eigenvalue weighted by molar-refractivity contribution is -0.754. The molecular formula is C10H16BN+. The van der Waals surface area contributed by atoms with Crippen molar-refractivity contribution in [2.24, 2.45) is 0 Å². The largest absolute Gasteiger partial charge is 0.485 e. The van der Waals surface area contributed by atoms with E-state index in [0.29, 0.717) is 0 Å². The van der Waals surface area contributed by atoms with Crippen molar-refractivity contribution in [3.63, 3.8) is 0 Å². The van der Waals surface area contributed by atoms with Crippen molar-refractivity contribution >= 4 is 12.9 Å². The van der Waals surface area contributed by atoms with Crippen molar-refractivity contribution in [1.82, 2.24) is 0 Å². The highest BCUT2D eigenvalue weighted by Crippen LogP contribution is 1.94. The van der Waals surface area contributed by atoms with Gasteiger partial charge in [0.05, 0.1) is 0 Å². The molecule has 1 nitrogen and oxygen atoms in total. The highest BCUT2D eigenvalue weighted by Gasteiger charge is 2.14. The minimum absolute atomic E-state index is 0.864. The predicted molar refractivity (Wildman–Crippen MR) is 54.6 cm³/mol. The van der Waals surface area contributed by atoms with Crippen LogP contribution in [0.2, 0.25) is 0 Å². The Bertz CT molecular complexity index is 246. The van der Waals surface area contributed by atoms with E-state index in [2.05, 4.69) is 59.7 Å². The lowest BCUT2D eigenvalue weighted by atomic mass is 9.79. The lowest BCUT2D eigenvalue weighted by Gasteiger charge is -2.22. The van der Waals surface area contributed by atoms with Gasteiger partial charge in [-0.2, -0.15) is 0 Å². The van der Waals surface area contributed by atoms with Gasteiger partial charge in [-0.25, -0.2) is 0 Å². The smallest absolute Gasteiger partial charge is 0.398 e. The van der Waals surface area contributed by atoms with E-state index >= 15 is 0 Å². The van der Waals surface area contributed by atoms with Gasteiger partial charge in [-0.3, -0.25) is 0 Å². The van der Waals surface area contributed by atoms with E-state index in [4.69, 9.17) is 0 Å². The van der Waals surface area contributed by atoms with E-state index < -0.39 is 0 Å². The Hall–Kier alpha value is -0.755. The summed E-state index contributed by atoms with van der Waals surface area (Å²) in [6.07, 6.45) is 0. The molecule has 0 spiro atoms. The summed E-state index contributed by atoms with van der Waals surface area (Å²) in [5, 5.41) is 0. The molecule has 0 bridgehead atoms. The minimum atomic E-state index is 0.864. The lowest BCUT2D eigenvalue weighted by Crippen LogP contribution is -2.44. The van der Waals surface area contributed by atoms with Crippen LogP contribution in [-0.2, 0) is 0 Å². The first-order valence-electron chi connectivity index (χ1n) is 4.21. The Morgan fingerprint density at radius 1 is 1.00 bits per heavy atom. The Morgan fingerprint density at radius 3 is 1.92 bits per heavy atom. The van der Waals surface area contributed by atoms with Crippen molar-refractivity contribution in [1.29, 1.82) is 0 Å². The Labute approximate surface area is 75.9 Å². The summed E-state index contributed by atoms with van der Waals surface area (Å²) in [5.74, 6) is 0. The third kappa shape index (κ3) is 3.10. The van der Waals surface area contributed by atoms with Gasteiger partial charge in [-0.05, 0) is 12.4 Å². The second-order valence-electron chi connectivity index (χ2n) is 4.16. The molecule has 0 unspecified atom stereocenters. The zero-order valence-corrected chi connectivity index (χ0v) is 8.33. The molecule has 0 saturated heterocycles. The normalized spacial score (nSPS) is 11.3. The molecule has 0 heterocycles. The first-order valence-corrected chi connectivity index (χ1v) is 4.21. The van der Waals surface area contributed by atoms with E-state index in [1.165, 1.54) is 11.0 Å². The van der Waals surface area contributed by atoms with Crippen molar-refractivity contribution in [2.45, 2.75) is 6.92 Å². The monoisotopic (exact) mass is 161 g/mol. The van der Waals surface area contributed by atoms with Crippen LogP contribution >= 0.6 is 0 Å². The van der Waals surface area contributed by atoms with Crippen LogP contribution in [-0.4, -0.2) is 33.0 Å². The van der Waals surface area contributed by atoms with Crippen LogP contribution in [0.25, 0.3) is 0 Å². The third-order valence-electron chi connectivity index (χ3n) is 1.61. The van der Waals surface area contributed by atoms with Crippen molar-refractivity contribution < 1.29 is 4.39 Å². The van der Waals surface area contributed by atoms with E-state index in [9.17, 15) is 0 Å². The molecule has 0 fully saturated rings. The van der Waals surface area contributed by atoms with Gasteiger partial charge in [-0.1, -0.05) is 29.8 Å². The maximum Gasteiger partial charge on any atom is 0.485 e. The van der Waals surface area contributed by atoms with Crippen LogP contribution in [0, 0.1) is 6.92 Å². The summed E-state index contributed by atoms with van der Waals surface area (Å²) in [4.78, 5) is 0. The Balaban J connectivity index is 2.71. The summed E-state index contributed by atoms with van der Waals surface area (Å²) in [5.41, 5.74) is 2.60. The average molecular weight is 161 g/mol. The van der Waals surface area contributed by atoms with E-state index in [1.54, 1.807) is 0 Å². The van der Waals surface area contributed by atoms with Gasteiger partial charge in [0.15, 0.2) is 0 Å². The Morgan fingerprint density at radius 2 is 1.50 bits per heavy atom. The molecule has 0 saturated carbocycles. The number of hydrogen-bond acceptors (Lipinski definition) is 0. The summed E-state index contributed by atoms with van der Waals surface area (Å²) < 4.78 is 0.864. The van der Waals surface area contributed by atoms with Crippen molar-refractivity contribution in [3.8, 4) is 0 Å². The molecule has 1 rings (SSSR count).